The van der Waals surface area contributed by atoms with Crippen molar-refractivity contribution in [1.29, 1.82) is 0 Å². The topological polar surface area (TPSA) is 18.5 Å². The van der Waals surface area contributed by atoms with Crippen molar-refractivity contribution >= 4 is 15.9 Å². The molecule has 6 saturated carbocycles. The lowest BCUT2D eigenvalue weighted by atomic mass is 9.20. The molecular weight excluding hydrogens is 244 g/mol. The Morgan fingerprint density at radius 1 is 0.857 bits per heavy atom. The lowest BCUT2D eigenvalue weighted by Gasteiger charge is -2.88. The van der Waals surface area contributed by atoms with Crippen molar-refractivity contribution in [2.24, 2.45) is 41.4 Å². The second kappa shape index (κ2) is 1.47. The standard InChI is InChI=1S/C11H11BrO2/c12-10-5-3-6-4(5)8(10)9(7(3)10)11(6)13-1-2-14-11/h3-9H,1-2H2/t3-,4-,5?,6?,7+,8+,9?,10?/m1/s1. The highest BCUT2D eigenvalue weighted by Crippen LogP contribution is 3.00. The third-order valence-electron chi connectivity index (χ3n) is 6.46. The molecule has 0 radical (unpaired) electrons. The predicted octanol–water partition coefficient (Wildman–Crippen LogP) is 1.24. The van der Waals surface area contributed by atoms with Crippen molar-refractivity contribution < 1.29 is 9.47 Å². The molecule has 0 aromatic carbocycles. The van der Waals surface area contributed by atoms with Crippen LogP contribution in [-0.2, 0) is 9.47 Å². The number of ether oxygens (including phenoxy) is 2. The Morgan fingerprint density at radius 3 is 2.07 bits per heavy atom. The number of hydrogen-bond acceptors (Lipinski definition) is 2. The smallest absolute Gasteiger partial charge is 0.175 e. The van der Waals surface area contributed by atoms with Gasteiger partial charge in [-0.05, 0) is 29.6 Å². The van der Waals surface area contributed by atoms with Crippen molar-refractivity contribution in [3.8, 4) is 0 Å². The average Bonchev–Trinajstić information content (AvgIpc) is 2.71. The number of rotatable bonds is 0. The highest BCUT2D eigenvalue weighted by atomic mass is 79.9. The fraction of sp³-hybridized carbons (Fsp3) is 1.00. The minimum Gasteiger partial charge on any atom is -0.347 e. The molecule has 0 aromatic heterocycles. The molecule has 7 aliphatic rings. The van der Waals surface area contributed by atoms with E-state index in [-0.39, 0.29) is 5.79 Å². The van der Waals surface area contributed by atoms with Gasteiger partial charge >= 0.3 is 0 Å². The maximum atomic E-state index is 6.01. The van der Waals surface area contributed by atoms with Crippen LogP contribution >= 0.6 is 15.9 Å². The summed E-state index contributed by atoms with van der Waals surface area (Å²) >= 11 is 3.99. The van der Waals surface area contributed by atoms with Gasteiger partial charge in [-0.3, -0.25) is 0 Å². The van der Waals surface area contributed by atoms with E-state index in [4.69, 9.17) is 9.47 Å². The van der Waals surface area contributed by atoms with E-state index in [1.165, 1.54) is 0 Å². The van der Waals surface area contributed by atoms with E-state index in [1.54, 1.807) is 0 Å². The number of hydrogen-bond donors (Lipinski definition) is 0. The van der Waals surface area contributed by atoms with Crippen LogP contribution in [0.15, 0.2) is 0 Å². The first-order valence-corrected chi connectivity index (χ1v) is 6.58. The normalized spacial score (nSPS) is 81.6. The molecule has 0 N–H and O–H groups in total. The molecule has 6 aliphatic carbocycles. The second-order valence-electron chi connectivity index (χ2n) is 6.03. The predicted molar refractivity (Wildman–Crippen MR) is 50.7 cm³/mol. The van der Waals surface area contributed by atoms with E-state index < -0.39 is 0 Å². The van der Waals surface area contributed by atoms with E-state index in [2.05, 4.69) is 15.9 Å². The summed E-state index contributed by atoms with van der Waals surface area (Å²) < 4.78 is 12.6. The number of halogens is 1. The molecule has 0 amide bonds. The fourth-order valence-electron chi connectivity index (χ4n) is 6.54. The fourth-order valence-corrected chi connectivity index (χ4v) is 8.33. The van der Waals surface area contributed by atoms with Crippen molar-refractivity contribution in [2.45, 2.75) is 10.1 Å². The van der Waals surface area contributed by atoms with Gasteiger partial charge in [0.25, 0.3) is 0 Å². The first-order chi connectivity index (χ1) is 6.82. The quantitative estimate of drug-likeness (QED) is 0.606. The molecule has 2 bridgehead atoms. The molecule has 0 unspecified atom stereocenters. The van der Waals surface area contributed by atoms with Gasteiger partial charge < -0.3 is 9.47 Å². The summed E-state index contributed by atoms with van der Waals surface area (Å²) in [5.41, 5.74) is 0. The monoisotopic (exact) mass is 254 g/mol. The largest absolute Gasteiger partial charge is 0.347 e. The van der Waals surface area contributed by atoms with Crippen LogP contribution in [0.5, 0.6) is 0 Å². The summed E-state index contributed by atoms with van der Waals surface area (Å²) in [5, 5.41) is 0. The molecule has 1 spiro atoms. The van der Waals surface area contributed by atoms with Crippen molar-refractivity contribution in [3.63, 3.8) is 0 Å². The summed E-state index contributed by atoms with van der Waals surface area (Å²) in [5.74, 6) is 6.32. The third-order valence-corrected chi connectivity index (χ3v) is 8.05. The Hall–Kier alpha value is 0.400. The molecule has 2 nitrogen and oxygen atoms in total. The van der Waals surface area contributed by atoms with Crippen LogP contribution in [0, 0.1) is 41.4 Å². The van der Waals surface area contributed by atoms with Gasteiger partial charge in [0, 0.05) is 16.2 Å². The second-order valence-corrected chi connectivity index (χ2v) is 7.40. The van der Waals surface area contributed by atoms with E-state index >= 15 is 0 Å². The minimum atomic E-state index is -0.0745. The maximum absolute atomic E-state index is 6.01. The summed E-state index contributed by atoms with van der Waals surface area (Å²) in [6.07, 6.45) is 0. The van der Waals surface area contributed by atoms with Gasteiger partial charge in [0.15, 0.2) is 5.79 Å². The average molecular weight is 255 g/mol. The van der Waals surface area contributed by atoms with Gasteiger partial charge in [-0.1, -0.05) is 15.9 Å². The Balaban J connectivity index is 1.62. The zero-order valence-electron chi connectivity index (χ0n) is 7.65. The van der Waals surface area contributed by atoms with Crippen molar-refractivity contribution in [3.05, 3.63) is 0 Å². The lowest BCUT2D eigenvalue weighted by molar-refractivity contribution is -0.349. The van der Waals surface area contributed by atoms with E-state index in [0.717, 1.165) is 54.6 Å². The number of alkyl halides is 1. The first kappa shape index (κ1) is 6.87. The van der Waals surface area contributed by atoms with Crippen LogP contribution in [-0.4, -0.2) is 23.3 Å². The Morgan fingerprint density at radius 2 is 1.50 bits per heavy atom. The SMILES string of the molecule is BrC12C3[C@@H]4C5[C@@H]3[C@H]1C([C@H]42)C51OCCO1. The summed E-state index contributed by atoms with van der Waals surface area (Å²) in [6.45, 7) is 1.68. The van der Waals surface area contributed by atoms with Gasteiger partial charge in [-0.2, -0.15) is 0 Å². The van der Waals surface area contributed by atoms with Crippen LogP contribution in [0.1, 0.15) is 0 Å². The molecule has 14 heavy (non-hydrogen) atoms. The van der Waals surface area contributed by atoms with Crippen molar-refractivity contribution in [1.82, 2.24) is 0 Å². The van der Waals surface area contributed by atoms with Crippen LogP contribution in [0.3, 0.4) is 0 Å². The Bertz CT molecular complexity index is 369. The molecule has 1 heterocycles. The summed E-state index contributed by atoms with van der Waals surface area (Å²) in [6, 6.07) is 0. The molecule has 74 valence electrons. The zero-order valence-corrected chi connectivity index (χ0v) is 9.24. The van der Waals surface area contributed by atoms with Gasteiger partial charge in [0.1, 0.15) is 0 Å². The van der Waals surface area contributed by atoms with Crippen LogP contribution in [0.25, 0.3) is 0 Å². The highest BCUT2D eigenvalue weighted by Gasteiger charge is 3.03. The summed E-state index contributed by atoms with van der Waals surface area (Å²) in [4.78, 5) is 0. The van der Waals surface area contributed by atoms with Gasteiger partial charge in [0.2, 0.25) is 0 Å². The van der Waals surface area contributed by atoms with Gasteiger partial charge in [-0.25, -0.2) is 0 Å². The highest BCUT2D eigenvalue weighted by molar-refractivity contribution is 9.10. The molecule has 1 saturated heterocycles. The molecule has 7 rings (SSSR count). The van der Waals surface area contributed by atoms with Gasteiger partial charge in [0.05, 0.1) is 13.2 Å². The third kappa shape index (κ3) is 0.316. The molecular formula is C11H11BrO2. The first-order valence-electron chi connectivity index (χ1n) is 5.78. The molecule has 4 atom stereocenters. The molecule has 1 aliphatic heterocycles. The van der Waals surface area contributed by atoms with E-state index in [9.17, 15) is 0 Å². The zero-order chi connectivity index (χ0) is 8.87. The van der Waals surface area contributed by atoms with Gasteiger partial charge in [-0.15, -0.1) is 0 Å². The lowest BCUT2D eigenvalue weighted by Crippen LogP contribution is -2.90. The van der Waals surface area contributed by atoms with Crippen LogP contribution < -0.4 is 0 Å². The van der Waals surface area contributed by atoms with E-state index in [0.29, 0.717) is 4.32 Å². The molecule has 0 aromatic rings. The van der Waals surface area contributed by atoms with Crippen molar-refractivity contribution in [2.75, 3.05) is 13.2 Å². The Kier molecular flexibility index (Phi) is 0.723. The Labute approximate surface area is 90.4 Å². The molecule has 3 heteroatoms. The van der Waals surface area contributed by atoms with E-state index in [1.807, 2.05) is 0 Å². The van der Waals surface area contributed by atoms with Crippen LogP contribution in [0.4, 0.5) is 0 Å². The molecule has 7 fully saturated rings. The van der Waals surface area contributed by atoms with Crippen LogP contribution in [0.2, 0.25) is 0 Å². The minimum absolute atomic E-state index is 0.0745. The summed E-state index contributed by atoms with van der Waals surface area (Å²) in [7, 11) is 0. The maximum Gasteiger partial charge on any atom is 0.175 e.